The second-order valence-corrected chi connectivity index (χ2v) is 4.57. The third-order valence-corrected chi connectivity index (χ3v) is 3.62. The first-order valence-corrected chi connectivity index (χ1v) is 6.38. The topological polar surface area (TPSA) is 55.1 Å². The van der Waals surface area contributed by atoms with Crippen molar-refractivity contribution in [3.63, 3.8) is 0 Å². The molecule has 0 aliphatic heterocycles. The predicted molar refractivity (Wildman–Crippen MR) is 72.1 cm³/mol. The third kappa shape index (κ3) is 3.50. The van der Waals surface area contributed by atoms with Crippen LogP contribution in [-0.4, -0.2) is 12.5 Å². The molecule has 1 amide bonds. The highest BCUT2D eigenvalue weighted by molar-refractivity contribution is 5.95. The SMILES string of the molecule is CCC(CC)(CN)C(=O)Nc1cccc(C(F)F)c1. The molecule has 0 fully saturated rings. The summed E-state index contributed by atoms with van der Waals surface area (Å²) in [6.45, 7) is 4.03. The predicted octanol–water partition coefficient (Wildman–Crippen LogP) is 3.33. The minimum Gasteiger partial charge on any atom is -0.329 e. The summed E-state index contributed by atoms with van der Waals surface area (Å²) in [6, 6.07) is 5.71. The zero-order valence-electron chi connectivity index (χ0n) is 11.2. The van der Waals surface area contributed by atoms with Gasteiger partial charge in [-0.3, -0.25) is 4.79 Å². The van der Waals surface area contributed by atoms with Crippen LogP contribution in [0, 0.1) is 5.41 Å². The van der Waals surface area contributed by atoms with Crippen LogP contribution in [0.15, 0.2) is 24.3 Å². The van der Waals surface area contributed by atoms with Crippen molar-refractivity contribution in [1.29, 1.82) is 0 Å². The number of hydrogen-bond acceptors (Lipinski definition) is 2. The van der Waals surface area contributed by atoms with Crippen LogP contribution in [-0.2, 0) is 4.79 Å². The van der Waals surface area contributed by atoms with Crippen LogP contribution >= 0.6 is 0 Å². The second-order valence-electron chi connectivity index (χ2n) is 4.57. The summed E-state index contributed by atoms with van der Waals surface area (Å²) in [6.07, 6.45) is -1.32. The third-order valence-electron chi connectivity index (χ3n) is 3.62. The molecule has 0 aromatic heterocycles. The van der Waals surface area contributed by atoms with E-state index in [0.717, 1.165) is 0 Å². The molecule has 0 heterocycles. The number of halogens is 2. The van der Waals surface area contributed by atoms with Gasteiger partial charge in [0.2, 0.25) is 5.91 Å². The van der Waals surface area contributed by atoms with E-state index in [1.54, 1.807) is 6.07 Å². The van der Waals surface area contributed by atoms with Crippen molar-refractivity contribution < 1.29 is 13.6 Å². The van der Waals surface area contributed by atoms with Gasteiger partial charge in [0.15, 0.2) is 0 Å². The Morgan fingerprint density at radius 2 is 2.00 bits per heavy atom. The smallest absolute Gasteiger partial charge is 0.263 e. The Morgan fingerprint density at radius 1 is 1.37 bits per heavy atom. The summed E-state index contributed by atoms with van der Waals surface area (Å²) >= 11 is 0. The highest BCUT2D eigenvalue weighted by Crippen LogP contribution is 2.28. The molecule has 3 N–H and O–H groups in total. The Morgan fingerprint density at radius 3 is 2.47 bits per heavy atom. The number of hydrogen-bond donors (Lipinski definition) is 2. The van der Waals surface area contributed by atoms with E-state index in [2.05, 4.69) is 5.32 Å². The quantitative estimate of drug-likeness (QED) is 0.833. The van der Waals surface area contributed by atoms with Crippen molar-refractivity contribution in [1.82, 2.24) is 0 Å². The van der Waals surface area contributed by atoms with Crippen LogP contribution in [0.2, 0.25) is 0 Å². The Bertz CT molecular complexity index is 423. The first kappa shape index (κ1) is 15.6. The van der Waals surface area contributed by atoms with Gasteiger partial charge < -0.3 is 11.1 Å². The molecule has 106 valence electrons. The number of amides is 1. The lowest BCUT2D eigenvalue weighted by molar-refractivity contribution is -0.125. The van der Waals surface area contributed by atoms with E-state index in [1.165, 1.54) is 18.2 Å². The number of nitrogens with one attached hydrogen (secondary N) is 1. The molecule has 0 unspecified atom stereocenters. The van der Waals surface area contributed by atoms with E-state index < -0.39 is 11.8 Å². The Labute approximate surface area is 112 Å². The number of carbonyl (C=O) groups excluding carboxylic acids is 1. The van der Waals surface area contributed by atoms with Crippen molar-refractivity contribution >= 4 is 11.6 Å². The van der Waals surface area contributed by atoms with Gasteiger partial charge in [-0.2, -0.15) is 0 Å². The lowest BCUT2D eigenvalue weighted by Crippen LogP contribution is -2.41. The maximum Gasteiger partial charge on any atom is 0.263 e. The molecule has 19 heavy (non-hydrogen) atoms. The van der Waals surface area contributed by atoms with Crippen molar-refractivity contribution in [3.8, 4) is 0 Å². The fraction of sp³-hybridized carbons (Fsp3) is 0.500. The summed E-state index contributed by atoms with van der Waals surface area (Å²) in [5, 5.41) is 2.68. The van der Waals surface area contributed by atoms with Crippen LogP contribution in [0.5, 0.6) is 0 Å². The zero-order chi connectivity index (χ0) is 14.5. The molecule has 0 saturated heterocycles. The Balaban J connectivity index is 2.90. The van der Waals surface area contributed by atoms with E-state index >= 15 is 0 Å². The summed E-state index contributed by atoms with van der Waals surface area (Å²) in [5.74, 6) is -0.216. The lowest BCUT2D eigenvalue weighted by atomic mass is 9.81. The summed E-state index contributed by atoms with van der Waals surface area (Å²) in [5.41, 5.74) is 5.31. The molecule has 0 spiro atoms. The maximum absolute atomic E-state index is 12.6. The lowest BCUT2D eigenvalue weighted by Gasteiger charge is -2.28. The molecule has 0 aliphatic rings. The molecule has 1 aromatic carbocycles. The fourth-order valence-corrected chi connectivity index (χ4v) is 1.97. The highest BCUT2D eigenvalue weighted by Gasteiger charge is 2.33. The minimum absolute atomic E-state index is 0.107. The minimum atomic E-state index is -2.55. The molecule has 0 radical (unpaired) electrons. The zero-order valence-corrected chi connectivity index (χ0v) is 11.2. The van der Waals surface area contributed by atoms with Gasteiger partial charge in [0.25, 0.3) is 6.43 Å². The summed E-state index contributed by atoms with van der Waals surface area (Å²) < 4.78 is 25.2. The van der Waals surface area contributed by atoms with Gasteiger partial charge in [-0.05, 0) is 25.0 Å². The van der Waals surface area contributed by atoms with Crippen LogP contribution < -0.4 is 11.1 Å². The summed E-state index contributed by atoms with van der Waals surface area (Å²) in [7, 11) is 0. The van der Waals surface area contributed by atoms with Gasteiger partial charge >= 0.3 is 0 Å². The number of alkyl halides is 2. The van der Waals surface area contributed by atoms with Gasteiger partial charge in [0.1, 0.15) is 0 Å². The molecule has 1 rings (SSSR count). The molecule has 0 saturated carbocycles. The Kier molecular flexibility index (Phi) is 5.42. The fourth-order valence-electron chi connectivity index (χ4n) is 1.97. The number of benzene rings is 1. The van der Waals surface area contributed by atoms with Crippen molar-refractivity contribution in [2.75, 3.05) is 11.9 Å². The molecular weight excluding hydrogens is 250 g/mol. The van der Waals surface area contributed by atoms with Gasteiger partial charge in [-0.1, -0.05) is 26.0 Å². The van der Waals surface area contributed by atoms with E-state index in [-0.39, 0.29) is 18.0 Å². The molecule has 0 bridgehead atoms. The number of nitrogens with two attached hydrogens (primary N) is 1. The normalized spacial score (nSPS) is 11.7. The molecular formula is C14H20F2N2O. The standard InChI is InChI=1S/C14H20F2N2O/c1-3-14(4-2,9-17)13(19)18-11-7-5-6-10(8-11)12(15)16/h5-8,12H,3-4,9,17H2,1-2H3,(H,18,19). The maximum atomic E-state index is 12.6. The first-order chi connectivity index (χ1) is 8.99. The van der Waals surface area contributed by atoms with Crippen molar-refractivity contribution in [3.05, 3.63) is 29.8 Å². The van der Waals surface area contributed by atoms with Crippen LogP contribution in [0.1, 0.15) is 38.7 Å². The number of anilines is 1. The van der Waals surface area contributed by atoms with Gasteiger partial charge in [0.05, 0.1) is 5.41 Å². The average Bonchev–Trinajstić information content (AvgIpc) is 2.41. The van der Waals surface area contributed by atoms with E-state index in [9.17, 15) is 13.6 Å². The molecule has 5 heteroatoms. The van der Waals surface area contributed by atoms with E-state index in [4.69, 9.17) is 5.73 Å². The molecule has 0 atom stereocenters. The largest absolute Gasteiger partial charge is 0.329 e. The molecule has 1 aromatic rings. The monoisotopic (exact) mass is 270 g/mol. The van der Waals surface area contributed by atoms with Crippen LogP contribution in [0.3, 0.4) is 0 Å². The van der Waals surface area contributed by atoms with Crippen molar-refractivity contribution in [2.24, 2.45) is 11.1 Å². The number of rotatable bonds is 6. The van der Waals surface area contributed by atoms with Gasteiger partial charge in [-0.25, -0.2) is 8.78 Å². The van der Waals surface area contributed by atoms with E-state index in [1.807, 2.05) is 13.8 Å². The molecule has 0 aliphatic carbocycles. The average molecular weight is 270 g/mol. The second kappa shape index (κ2) is 6.61. The van der Waals surface area contributed by atoms with E-state index in [0.29, 0.717) is 18.5 Å². The van der Waals surface area contributed by atoms with Crippen LogP contribution in [0.4, 0.5) is 14.5 Å². The number of carbonyl (C=O) groups is 1. The highest BCUT2D eigenvalue weighted by atomic mass is 19.3. The van der Waals surface area contributed by atoms with Gasteiger partial charge in [0, 0.05) is 17.8 Å². The molecule has 3 nitrogen and oxygen atoms in total. The van der Waals surface area contributed by atoms with Crippen molar-refractivity contribution in [2.45, 2.75) is 33.1 Å². The first-order valence-electron chi connectivity index (χ1n) is 6.38. The summed E-state index contributed by atoms with van der Waals surface area (Å²) in [4.78, 5) is 12.2. The van der Waals surface area contributed by atoms with Crippen LogP contribution in [0.25, 0.3) is 0 Å². The Hall–Kier alpha value is -1.49. The van der Waals surface area contributed by atoms with Gasteiger partial charge in [-0.15, -0.1) is 0 Å².